The van der Waals surface area contributed by atoms with Gasteiger partial charge in [-0.05, 0) is 55.2 Å². The van der Waals surface area contributed by atoms with Crippen molar-refractivity contribution in [3.8, 4) is 17.2 Å². The number of carbonyl (C=O) groups is 2. The molecule has 0 bridgehead atoms. The van der Waals surface area contributed by atoms with Crippen molar-refractivity contribution in [3.05, 3.63) is 77.6 Å². The highest BCUT2D eigenvalue weighted by Crippen LogP contribution is 2.36. The molecule has 7 nitrogen and oxygen atoms in total. The average Bonchev–Trinajstić information content (AvgIpc) is 2.85. The summed E-state index contributed by atoms with van der Waals surface area (Å²) in [5, 5.41) is 14.9. The van der Waals surface area contributed by atoms with Crippen molar-refractivity contribution in [1.82, 2.24) is 15.3 Å². The Balaban J connectivity index is 1.49. The van der Waals surface area contributed by atoms with Crippen molar-refractivity contribution in [3.63, 3.8) is 0 Å². The van der Waals surface area contributed by atoms with E-state index >= 15 is 0 Å². The molecular weight excluding hydrogens is 445 g/mol. The fourth-order valence-corrected chi connectivity index (χ4v) is 4.58. The van der Waals surface area contributed by atoms with Crippen molar-refractivity contribution < 1.29 is 14.0 Å². The Morgan fingerprint density at radius 3 is 2.49 bits per heavy atom. The Bertz CT molecular complexity index is 1280. The second-order valence-electron chi connectivity index (χ2n) is 8.87. The first kappa shape index (κ1) is 24.0. The topological polar surface area (TPSA) is 108 Å². The minimum absolute atomic E-state index is 0.0571. The Morgan fingerprint density at radius 1 is 1.09 bits per heavy atom. The number of benzene rings is 2. The first-order valence-corrected chi connectivity index (χ1v) is 11.6. The molecule has 0 unspecified atom stereocenters. The van der Waals surface area contributed by atoms with Gasteiger partial charge in [0, 0.05) is 23.9 Å². The van der Waals surface area contributed by atoms with Crippen LogP contribution in [0.4, 0.5) is 14.9 Å². The molecule has 1 fully saturated rings. The van der Waals surface area contributed by atoms with Crippen molar-refractivity contribution in [2.24, 2.45) is 0 Å². The lowest BCUT2D eigenvalue weighted by atomic mass is 9.79. The zero-order valence-electron chi connectivity index (χ0n) is 19.5. The molecule has 1 aliphatic carbocycles. The molecule has 35 heavy (non-hydrogen) atoms. The standard InChI is InChI=1S/C27H26FN5O2/c1-18(34)15-19-5-7-20(8-6-19)22-10-9-21(16-23(22)28)31-26(35)33-27(12-3-2-4-13-27)24-11-14-30-25(17-29)32-24/h5-11,14,16H,2-4,12-13,15H2,1H3,(H2,31,33,35). The number of aromatic nitrogens is 2. The molecule has 2 amide bonds. The van der Waals surface area contributed by atoms with E-state index in [0.717, 1.165) is 24.8 Å². The number of Topliss-reactive ketones (excluding diaryl/α,β-unsaturated/α-hetero) is 1. The first-order chi connectivity index (χ1) is 16.9. The number of rotatable bonds is 6. The third kappa shape index (κ3) is 5.69. The number of nitrogens with zero attached hydrogens (tertiary/aromatic N) is 3. The van der Waals surface area contributed by atoms with Crippen LogP contribution in [0.2, 0.25) is 0 Å². The summed E-state index contributed by atoms with van der Waals surface area (Å²) >= 11 is 0. The van der Waals surface area contributed by atoms with Gasteiger partial charge in [0.1, 0.15) is 17.7 Å². The summed E-state index contributed by atoms with van der Waals surface area (Å²) in [4.78, 5) is 32.5. The fraction of sp³-hybridized carbons (Fsp3) is 0.296. The fourth-order valence-electron chi connectivity index (χ4n) is 4.58. The van der Waals surface area contributed by atoms with Crippen molar-refractivity contribution >= 4 is 17.5 Å². The van der Waals surface area contributed by atoms with Crippen LogP contribution in [0.5, 0.6) is 0 Å². The minimum atomic E-state index is -0.711. The molecule has 1 aromatic heterocycles. The molecule has 0 radical (unpaired) electrons. The number of urea groups is 1. The molecule has 1 aliphatic rings. The second-order valence-corrected chi connectivity index (χ2v) is 8.87. The van der Waals surface area contributed by atoms with Gasteiger partial charge < -0.3 is 10.6 Å². The minimum Gasteiger partial charge on any atom is -0.327 e. The van der Waals surface area contributed by atoms with Crippen molar-refractivity contribution in [1.29, 1.82) is 5.26 Å². The Hall–Kier alpha value is -4.12. The summed E-state index contributed by atoms with van der Waals surface area (Å²) in [5.41, 5.74) is 2.18. The van der Waals surface area contributed by atoms with Crippen LogP contribution in [-0.2, 0) is 16.8 Å². The van der Waals surface area contributed by atoms with Crippen LogP contribution in [0.3, 0.4) is 0 Å². The molecule has 0 aliphatic heterocycles. The number of nitriles is 1. The maximum Gasteiger partial charge on any atom is 0.319 e. The van der Waals surface area contributed by atoms with Crippen LogP contribution >= 0.6 is 0 Å². The predicted octanol–water partition coefficient (Wildman–Crippen LogP) is 5.27. The summed E-state index contributed by atoms with van der Waals surface area (Å²) in [6, 6.07) is 14.9. The predicted molar refractivity (Wildman–Crippen MR) is 130 cm³/mol. The van der Waals surface area contributed by atoms with Gasteiger partial charge in [-0.15, -0.1) is 0 Å². The van der Waals surface area contributed by atoms with Crippen molar-refractivity contribution in [2.45, 2.75) is 51.0 Å². The quantitative estimate of drug-likeness (QED) is 0.509. The highest BCUT2D eigenvalue weighted by atomic mass is 19.1. The van der Waals surface area contributed by atoms with E-state index in [4.69, 9.17) is 0 Å². The Kier molecular flexibility index (Phi) is 7.16. The molecule has 1 heterocycles. The van der Waals surface area contributed by atoms with Crippen molar-refractivity contribution in [2.75, 3.05) is 5.32 Å². The maximum atomic E-state index is 14.9. The van der Waals surface area contributed by atoms with E-state index in [1.807, 2.05) is 18.2 Å². The molecule has 0 atom stereocenters. The molecule has 0 saturated heterocycles. The lowest BCUT2D eigenvalue weighted by molar-refractivity contribution is -0.116. The molecule has 178 valence electrons. The summed E-state index contributed by atoms with van der Waals surface area (Å²) in [7, 11) is 0. The van der Waals surface area contributed by atoms with Gasteiger partial charge in [-0.25, -0.2) is 19.2 Å². The summed E-state index contributed by atoms with van der Waals surface area (Å²) in [6.07, 6.45) is 6.14. The Labute approximate surface area is 203 Å². The number of carbonyl (C=O) groups excluding carboxylic acids is 2. The van der Waals surface area contributed by atoms with Crippen LogP contribution in [0.25, 0.3) is 11.1 Å². The maximum absolute atomic E-state index is 14.9. The van der Waals surface area contributed by atoms with E-state index in [9.17, 15) is 19.2 Å². The van der Waals surface area contributed by atoms with E-state index < -0.39 is 17.4 Å². The molecular formula is C27H26FN5O2. The second kappa shape index (κ2) is 10.4. The van der Waals surface area contributed by atoms with Crippen LogP contribution < -0.4 is 10.6 Å². The van der Waals surface area contributed by atoms with E-state index in [0.29, 0.717) is 41.8 Å². The number of halogens is 1. The van der Waals surface area contributed by atoms with Crippen LogP contribution in [-0.4, -0.2) is 21.8 Å². The summed E-state index contributed by atoms with van der Waals surface area (Å²) in [5.74, 6) is -0.344. The van der Waals surface area contributed by atoms with Gasteiger partial charge >= 0.3 is 6.03 Å². The zero-order valence-corrected chi connectivity index (χ0v) is 19.5. The van der Waals surface area contributed by atoms with Crippen LogP contribution in [0, 0.1) is 17.1 Å². The smallest absolute Gasteiger partial charge is 0.319 e. The summed E-state index contributed by atoms with van der Waals surface area (Å²) in [6.45, 7) is 1.53. The molecule has 2 aromatic carbocycles. The average molecular weight is 472 g/mol. The molecule has 8 heteroatoms. The number of hydrogen-bond acceptors (Lipinski definition) is 5. The largest absolute Gasteiger partial charge is 0.327 e. The monoisotopic (exact) mass is 471 g/mol. The zero-order chi connectivity index (χ0) is 24.8. The molecule has 1 saturated carbocycles. The lowest BCUT2D eigenvalue weighted by Gasteiger charge is -2.37. The van der Waals surface area contributed by atoms with Gasteiger partial charge in [0.25, 0.3) is 0 Å². The number of hydrogen-bond donors (Lipinski definition) is 2. The number of anilines is 1. The van der Waals surface area contributed by atoms with Gasteiger partial charge in [-0.3, -0.25) is 4.79 Å². The number of nitrogens with one attached hydrogen (secondary N) is 2. The van der Waals surface area contributed by atoms with Gasteiger partial charge in [-0.1, -0.05) is 43.5 Å². The van der Waals surface area contributed by atoms with E-state index in [2.05, 4.69) is 20.6 Å². The molecule has 2 N–H and O–H groups in total. The molecule has 3 aromatic rings. The highest BCUT2D eigenvalue weighted by Gasteiger charge is 2.37. The third-order valence-corrected chi connectivity index (χ3v) is 6.25. The third-order valence-electron chi connectivity index (χ3n) is 6.25. The first-order valence-electron chi connectivity index (χ1n) is 11.6. The van der Waals surface area contributed by atoms with E-state index in [-0.39, 0.29) is 11.6 Å². The van der Waals surface area contributed by atoms with E-state index in [1.165, 1.54) is 19.2 Å². The lowest BCUT2D eigenvalue weighted by Crippen LogP contribution is -2.49. The number of amides is 2. The molecule has 0 spiro atoms. The number of ketones is 1. The Morgan fingerprint density at radius 2 is 1.83 bits per heavy atom. The van der Waals surface area contributed by atoms with Gasteiger partial charge in [0.15, 0.2) is 0 Å². The normalized spacial score (nSPS) is 14.5. The SMILES string of the molecule is CC(=O)Cc1ccc(-c2ccc(NC(=O)NC3(c4ccnc(C#N)n4)CCCCC3)cc2F)cc1. The van der Waals surface area contributed by atoms with Gasteiger partial charge in [-0.2, -0.15) is 5.26 Å². The van der Waals surface area contributed by atoms with Crippen LogP contribution in [0.15, 0.2) is 54.7 Å². The summed E-state index contributed by atoms with van der Waals surface area (Å²) < 4.78 is 14.9. The molecule has 4 rings (SSSR count). The van der Waals surface area contributed by atoms with Gasteiger partial charge in [0.2, 0.25) is 5.82 Å². The van der Waals surface area contributed by atoms with E-state index in [1.54, 1.807) is 30.3 Å². The van der Waals surface area contributed by atoms with Crippen LogP contribution in [0.1, 0.15) is 56.1 Å². The van der Waals surface area contributed by atoms with Gasteiger partial charge in [0.05, 0.1) is 11.2 Å². The highest BCUT2D eigenvalue weighted by molar-refractivity contribution is 5.90.